The summed E-state index contributed by atoms with van der Waals surface area (Å²) in [5.74, 6) is -0.234. The van der Waals surface area contributed by atoms with E-state index in [1.807, 2.05) is 25.1 Å². The number of carbonyl (C=O) groups excluding carboxylic acids is 2. The number of hydrogen-bond donors (Lipinski definition) is 2. The quantitative estimate of drug-likeness (QED) is 0.874. The second-order valence-electron chi connectivity index (χ2n) is 6.66. The lowest BCUT2D eigenvalue weighted by molar-refractivity contribution is 0.0926. The molecule has 2 amide bonds. The van der Waals surface area contributed by atoms with Gasteiger partial charge in [0.05, 0.1) is 0 Å². The highest BCUT2D eigenvalue weighted by molar-refractivity contribution is 6.06. The van der Waals surface area contributed by atoms with Crippen molar-refractivity contribution in [2.24, 2.45) is 0 Å². The second-order valence-corrected chi connectivity index (χ2v) is 6.66. The minimum atomic E-state index is -0.164. The summed E-state index contributed by atoms with van der Waals surface area (Å²) >= 11 is 0. The Morgan fingerprint density at radius 3 is 2.44 bits per heavy atom. The second kappa shape index (κ2) is 7.97. The lowest BCUT2D eigenvalue weighted by Crippen LogP contribution is -2.36. The molecule has 2 N–H and O–H groups in total. The molecule has 1 saturated carbocycles. The van der Waals surface area contributed by atoms with Gasteiger partial charge in [0.2, 0.25) is 0 Å². The summed E-state index contributed by atoms with van der Waals surface area (Å²) in [5.41, 5.74) is 2.77. The average molecular weight is 336 g/mol. The third-order valence-electron chi connectivity index (χ3n) is 4.71. The van der Waals surface area contributed by atoms with E-state index in [1.165, 1.54) is 19.3 Å². The van der Waals surface area contributed by atoms with Gasteiger partial charge in [-0.3, -0.25) is 9.59 Å². The van der Waals surface area contributed by atoms with Gasteiger partial charge < -0.3 is 10.6 Å². The van der Waals surface area contributed by atoms with Crippen LogP contribution in [0.3, 0.4) is 0 Å². The summed E-state index contributed by atoms with van der Waals surface area (Å²) in [6.07, 6.45) is 5.71. The number of hydrogen-bond acceptors (Lipinski definition) is 2. The molecule has 0 unspecified atom stereocenters. The van der Waals surface area contributed by atoms with E-state index in [1.54, 1.807) is 30.3 Å². The lowest BCUT2D eigenvalue weighted by Gasteiger charge is -2.22. The van der Waals surface area contributed by atoms with E-state index in [2.05, 4.69) is 10.6 Å². The standard InChI is InChI=1S/C21H24N2O2/c1-15-8-5-6-13-19(15)21(25)23-18-12-7-9-16(14-18)20(24)22-17-10-3-2-4-11-17/h5-9,12-14,17H,2-4,10-11H2,1H3,(H,22,24)(H,23,25). The third-order valence-corrected chi connectivity index (χ3v) is 4.71. The fraction of sp³-hybridized carbons (Fsp3) is 0.333. The van der Waals surface area contributed by atoms with Gasteiger partial charge >= 0.3 is 0 Å². The number of aryl methyl sites for hydroxylation is 1. The first-order valence-electron chi connectivity index (χ1n) is 8.91. The molecule has 130 valence electrons. The summed E-state index contributed by atoms with van der Waals surface area (Å²) in [6, 6.07) is 14.8. The Morgan fingerprint density at radius 2 is 1.68 bits per heavy atom. The number of carbonyl (C=O) groups is 2. The van der Waals surface area contributed by atoms with Crippen LogP contribution >= 0.6 is 0 Å². The van der Waals surface area contributed by atoms with Crippen molar-refractivity contribution in [3.8, 4) is 0 Å². The van der Waals surface area contributed by atoms with Crippen LogP contribution in [0.5, 0.6) is 0 Å². The monoisotopic (exact) mass is 336 g/mol. The predicted octanol–water partition coefficient (Wildman–Crippen LogP) is 4.31. The van der Waals surface area contributed by atoms with Gasteiger partial charge in [-0.15, -0.1) is 0 Å². The van der Waals surface area contributed by atoms with Crippen LogP contribution in [0.15, 0.2) is 48.5 Å². The highest BCUT2D eigenvalue weighted by Crippen LogP contribution is 2.19. The van der Waals surface area contributed by atoms with Crippen LogP contribution in [-0.4, -0.2) is 17.9 Å². The zero-order valence-electron chi connectivity index (χ0n) is 14.5. The Morgan fingerprint density at radius 1 is 0.920 bits per heavy atom. The van der Waals surface area contributed by atoms with Crippen molar-refractivity contribution in [1.82, 2.24) is 5.32 Å². The zero-order valence-corrected chi connectivity index (χ0v) is 14.5. The molecule has 0 aliphatic heterocycles. The largest absolute Gasteiger partial charge is 0.349 e. The first kappa shape index (κ1) is 17.2. The van der Waals surface area contributed by atoms with Crippen LogP contribution in [0.25, 0.3) is 0 Å². The van der Waals surface area contributed by atoms with Crippen molar-refractivity contribution >= 4 is 17.5 Å². The predicted molar refractivity (Wildman–Crippen MR) is 99.9 cm³/mol. The highest BCUT2D eigenvalue weighted by Gasteiger charge is 2.17. The molecule has 3 rings (SSSR count). The Labute approximate surface area is 148 Å². The van der Waals surface area contributed by atoms with Crippen molar-refractivity contribution in [3.63, 3.8) is 0 Å². The van der Waals surface area contributed by atoms with E-state index in [0.29, 0.717) is 16.8 Å². The molecule has 25 heavy (non-hydrogen) atoms. The summed E-state index contributed by atoms with van der Waals surface area (Å²) in [6.45, 7) is 1.91. The van der Waals surface area contributed by atoms with Gasteiger partial charge in [0, 0.05) is 22.9 Å². The van der Waals surface area contributed by atoms with Crippen LogP contribution in [-0.2, 0) is 0 Å². The van der Waals surface area contributed by atoms with Crippen LogP contribution in [0.4, 0.5) is 5.69 Å². The van der Waals surface area contributed by atoms with Crippen LogP contribution < -0.4 is 10.6 Å². The number of amides is 2. The molecule has 1 aliphatic rings. The Bertz CT molecular complexity index is 764. The summed E-state index contributed by atoms with van der Waals surface area (Å²) < 4.78 is 0. The van der Waals surface area contributed by atoms with Gasteiger partial charge in [0.25, 0.3) is 11.8 Å². The zero-order chi connectivity index (χ0) is 17.6. The van der Waals surface area contributed by atoms with Gasteiger partial charge in [0.1, 0.15) is 0 Å². The average Bonchev–Trinajstić information content (AvgIpc) is 2.63. The SMILES string of the molecule is Cc1ccccc1C(=O)Nc1cccc(C(=O)NC2CCCCC2)c1. The topological polar surface area (TPSA) is 58.2 Å². The molecule has 0 aromatic heterocycles. The van der Waals surface area contributed by atoms with Crippen LogP contribution in [0.2, 0.25) is 0 Å². The normalized spacial score (nSPS) is 14.8. The van der Waals surface area contributed by atoms with E-state index in [9.17, 15) is 9.59 Å². The molecule has 2 aromatic carbocycles. The van der Waals surface area contributed by atoms with Crippen LogP contribution in [0.1, 0.15) is 58.4 Å². The minimum Gasteiger partial charge on any atom is -0.349 e. The molecule has 1 aliphatic carbocycles. The number of nitrogens with one attached hydrogen (secondary N) is 2. The van der Waals surface area contributed by atoms with Gasteiger partial charge in [0.15, 0.2) is 0 Å². The van der Waals surface area contributed by atoms with Crippen LogP contribution in [0, 0.1) is 6.92 Å². The Balaban J connectivity index is 1.67. The summed E-state index contributed by atoms with van der Waals surface area (Å²) in [7, 11) is 0. The third kappa shape index (κ3) is 4.47. The lowest BCUT2D eigenvalue weighted by atomic mass is 9.95. The van der Waals surface area contributed by atoms with Crippen molar-refractivity contribution < 1.29 is 9.59 Å². The van der Waals surface area contributed by atoms with Crippen molar-refractivity contribution in [2.45, 2.75) is 45.1 Å². The molecular weight excluding hydrogens is 312 g/mol. The smallest absolute Gasteiger partial charge is 0.255 e. The van der Waals surface area contributed by atoms with Gasteiger partial charge in [-0.25, -0.2) is 0 Å². The Kier molecular flexibility index (Phi) is 5.49. The van der Waals surface area contributed by atoms with E-state index < -0.39 is 0 Å². The molecule has 0 saturated heterocycles. The molecule has 0 bridgehead atoms. The molecule has 0 atom stereocenters. The van der Waals surface area contributed by atoms with E-state index in [-0.39, 0.29) is 17.9 Å². The maximum atomic E-state index is 12.5. The first-order valence-corrected chi connectivity index (χ1v) is 8.91. The molecule has 2 aromatic rings. The fourth-order valence-corrected chi connectivity index (χ4v) is 3.28. The molecule has 4 heteroatoms. The van der Waals surface area contributed by atoms with Gasteiger partial charge in [-0.2, -0.15) is 0 Å². The number of benzene rings is 2. The highest BCUT2D eigenvalue weighted by atomic mass is 16.2. The van der Waals surface area contributed by atoms with Crippen molar-refractivity contribution in [2.75, 3.05) is 5.32 Å². The molecule has 0 radical (unpaired) electrons. The first-order chi connectivity index (χ1) is 12.1. The fourth-order valence-electron chi connectivity index (χ4n) is 3.28. The molecule has 1 fully saturated rings. The summed E-state index contributed by atoms with van der Waals surface area (Å²) in [5, 5.41) is 5.98. The number of anilines is 1. The van der Waals surface area contributed by atoms with E-state index >= 15 is 0 Å². The van der Waals surface area contributed by atoms with Gasteiger partial charge in [-0.05, 0) is 49.6 Å². The molecular formula is C21H24N2O2. The van der Waals surface area contributed by atoms with Crippen molar-refractivity contribution in [1.29, 1.82) is 0 Å². The number of rotatable bonds is 4. The van der Waals surface area contributed by atoms with Gasteiger partial charge in [-0.1, -0.05) is 43.5 Å². The maximum Gasteiger partial charge on any atom is 0.255 e. The van der Waals surface area contributed by atoms with Crippen molar-refractivity contribution in [3.05, 3.63) is 65.2 Å². The summed E-state index contributed by atoms with van der Waals surface area (Å²) in [4.78, 5) is 24.9. The van der Waals surface area contributed by atoms with E-state index in [0.717, 1.165) is 18.4 Å². The maximum absolute atomic E-state index is 12.5. The molecule has 0 heterocycles. The molecule has 0 spiro atoms. The Hall–Kier alpha value is -2.62. The molecule has 4 nitrogen and oxygen atoms in total. The van der Waals surface area contributed by atoms with E-state index in [4.69, 9.17) is 0 Å². The minimum absolute atomic E-state index is 0.0705.